The summed E-state index contributed by atoms with van der Waals surface area (Å²) in [4.78, 5) is 0. The van der Waals surface area contributed by atoms with E-state index in [1.807, 2.05) is 0 Å². The van der Waals surface area contributed by atoms with Crippen molar-refractivity contribution in [1.29, 1.82) is 0 Å². The van der Waals surface area contributed by atoms with Crippen molar-refractivity contribution >= 4 is 0 Å². The molecule has 0 radical (unpaired) electrons. The average Bonchev–Trinajstić information content (AvgIpc) is 2.66. The highest BCUT2D eigenvalue weighted by atomic mass is 16.7. The molecule has 4 nitrogen and oxygen atoms in total. The maximum absolute atomic E-state index is 10.3. The molecule has 3 unspecified atom stereocenters. The fourth-order valence-corrected chi connectivity index (χ4v) is 3.77. The molecule has 1 saturated carbocycles. The normalized spacial score (nSPS) is 40.8. The Hall–Kier alpha value is -0.160. The summed E-state index contributed by atoms with van der Waals surface area (Å²) in [6.07, 6.45) is 7.33. The van der Waals surface area contributed by atoms with Gasteiger partial charge in [-0.3, -0.25) is 0 Å². The molecule has 2 aliphatic heterocycles. The van der Waals surface area contributed by atoms with Gasteiger partial charge in [-0.2, -0.15) is 0 Å². The summed E-state index contributed by atoms with van der Waals surface area (Å²) >= 11 is 0. The number of hydrogen-bond donors (Lipinski definition) is 2. The zero-order chi connectivity index (χ0) is 12.4. The van der Waals surface area contributed by atoms with E-state index in [1.54, 1.807) is 0 Å². The molecule has 3 aliphatic rings. The highest BCUT2D eigenvalue weighted by Gasteiger charge is 2.46. The fourth-order valence-electron chi connectivity index (χ4n) is 3.77. The van der Waals surface area contributed by atoms with Crippen LogP contribution in [-0.4, -0.2) is 42.8 Å². The number of aliphatic hydroxyl groups excluding tert-OH is 1. The molecule has 104 valence electrons. The lowest BCUT2D eigenvalue weighted by Crippen LogP contribution is -2.50. The zero-order valence-electron chi connectivity index (χ0n) is 11.1. The summed E-state index contributed by atoms with van der Waals surface area (Å²) in [7, 11) is 0. The first kappa shape index (κ1) is 12.9. The lowest BCUT2D eigenvalue weighted by molar-refractivity contribution is -0.205. The number of nitrogens with one attached hydrogen (secondary N) is 1. The van der Waals surface area contributed by atoms with Gasteiger partial charge in [0.1, 0.15) is 0 Å². The molecule has 1 spiro atoms. The van der Waals surface area contributed by atoms with Crippen LogP contribution >= 0.6 is 0 Å². The molecule has 3 fully saturated rings. The monoisotopic (exact) mass is 255 g/mol. The quantitative estimate of drug-likeness (QED) is 0.744. The van der Waals surface area contributed by atoms with Crippen LogP contribution in [-0.2, 0) is 9.47 Å². The molecule has 3 atom stereocenters. The SMILES string of the molecule is OC1CCC2(CC1C1CCCCCN1)OCCO2. The molecule has 0 aromatic carbocycles. The van der Waals surface area contributed by atoms with Gasteiger partial charge in [0.2, 0.25) is 0 Å². The molecule has 2 saturated heterocycles. The summed E-state index contributed by atoms with van der Waals surface area (Å²) < 4.78 is 11.6. The van der Waals surface area contributed by atoms with Crippen molar-refractivity contribution in [2.24, 2.45) is 5.92 Å². The predicted octanol–water partition coefficient (Wildman–Crippen LogP) is 1.42. The van der Waals surface area contributed by atoms with Crippen LogP contribution in [0.3, 0.4) is 0 Å². The molecule has 0 amide bonds. The molecule has 2 N–H and O–H groups in total. The van der Waals surface area contributed by atoms with Crippen molar-refractivity contribution in [3.8, 4) is 0 Å². The minimum absolute atomic E-state index is 0.195. The van der Waals surface area contributed by atoms with Gasteiger partial charge in [0, 0.05) is 24.8 Å². The van der Waals surface area contributed by atoms with Crippen molar-refractivity contribution < 1.29 is 14.6 Å². The summed E-state index contributed by atoms with van der Waals surface area (Å²) in [6, 6.07) is 0.437. The van der Waals surface area contributed by atoms with Gasteiger partial charge in [-0.25, -0.2) is 0 Å². The van der Waals surface area contributed by atoms with Gasteiger partial charge in [0.25, 0.3) is 0 Å². The van der Waals surface area contributed by atoms with Crippen LogP contribution in [0.4, 0.5) is 0 Å². The third-order valence-corrected chi connectivity index (χ3v) is 4.79. The highest BCUT2D eigenvalue weighted by Crippen LogP contribution is 2.41. The molecular weight excluding hydrogens is 230 g/mol. The summed E-state index contributed by atoms with van der Waals surface area (Å²) in [5, 5.41) is 13.9. The largest absolute Gasteiger partial charge is 0.393 e. The Kier molecular flexibility index (Phi) is 3.89. The molecule has 18 heavy (non-hydrogen) atoms. The minimum Gasteiger partial charge on any atom is -0.393 e. The Morgan fingerprint density at radius 1 is 1.06 bits per heavy atom. The standard InChI is InChI=1S/C14H25NO3/c16-13-5-6-14(17-8-9-18-14)10-11(13)12-4-2-1-3-7-15-12/h11-13,15-16H,1-10H2. The number of ether oxygens (including phenoxy) is 2. The maximum Gasteiger partial charge on any atom is 0.169 e. The highest BCUT2D eigenvalue weighted by molar-refractivity contribution is 4.93. The van der Waals surface area contributed by atoms with E-state index < -0.39 is 0 Å². The lowest BCUT2D eigenvalue weighted by atomic mass is 9.77. The van der Waals surface area contributed by atoms with E-state index in [9.17, 15) is 5.11 Å². The summed E-state index contributed by atoms with van der Waals surface area (Å²) in [6.45, 7) is 2.50. The Balaban J connectivity index is 1.68. The number of rotatable bonds is 1. The molecule has 4 heteroatoms. The van der Waals surface area contributed by atoms with Crippen LogP contribution in [0.2, 0.25) is 0 Å². The van der Waals surface area contributed by atoms with Gasteiger partial charge in [-0.1, -0.05) is 12.8 Å². The Bertz CT molecular complexity index is 270. The van der Waals surface area contributed by atoms with E-state index in [-0.39, 0.29) is 17.8 Å². The van der Waals surface area contributed by atoms with Crippen LogP contribution in [0.15, 0.2) is 0 Å². The topological polar surface area (TPSA) is 50.7 Å². The average molecular weight is 255 g/mol. The van der Waals surface area contributed by atoms with E-state index in [4.69, 9.17) is 9.47 Å². The fraction of sp³-hybridized carbons (Fsp3) is 1.00. The van der Waals surface area contributed by atoms with Crippen molar-refractivity contribution in [3.63, 3.8) is 0 Å². The minimum atomic E-state index is -0.377. The van der Waals surface area contributed by atoms with E-state index in [2.05, 4.69) is 5.32 Å². The first-order valence-electron chi connectivity index (χ1n) is 7.48. The van der Waals surface area contributed by atoms with Gasteiger partial charge in [-0.15, -0.1) is 0 Å². The molecule has 3 rings (SSSR count). The van der Waals surface area contributed by atoms with E-state index in [0.29, 0.717) is 19.3 Å². The van der Waals surface area contributed by atoms with Gasteiger partial charge in [0.15, 0.2) is 5.79 Å². The molecule has 1 aliphatic carbocycles. The second-order valence-corrected chi connectivity index (χ2v) is 5.99. The Morgan fingerprint density at radius 2 is 1.89 bits per heavy atom. The number of aliphatic hydroxyl groups is 1. The van der Waals surface area contributed by atoms with Gasteiger partial charge < -0.3 is 19.9 Å². The maximum atomic E-state index is 10.3. The zero-order valence-corrected chi connectivity index (χ0v) is 11.1. The van der Waals surface area contributed by atoms with Crippen LogP contribution in [0.5, 0.6) is 0 Å². The van der Waals surface area contributed by atoms with Crippen molar-refractivity contribution in [2.45, 2.75) is 62.9 Å². The second kappa shape index (κ2) is 5.45. The smallest absolute Gasteiger partial charge is 0.169 e. The second-order valence-electron chi connectivity index (χ2n) is 5.99. The Morgan fingerprint density at radius 3 is 2.72 bits per heavy atom. The predicted molar refractivity (Wildman–Crippen MR) is 68.2 cm³/mol. The van der Waals surface area contributed by atoms with Crippen LogP contribution in [0.25, 0.3) is 0 Å². The van der Waals surface area contributed by atoms with Crippen molar-refractivity contribution in [2.75, 3.05) is 19.8 Å². The van der Waals surface area contributed by atoms with Crippen LogP contribution < -0.4 is 5.32 Å². The lowest BCUT2D eigenvalue weighted by Gasteiger charge is -2.42. The molecular formula is C14H25NO3. The van der Waals surface area contributed by atoms with Crippen molar-refractivity contribution in [3.05, 3.63) is 0 Å². The van der Waals surface area contributed by atoms with Crippen LogP contribution in [0.1, 0.15) is 44.9 Å². The first-order valence-corrected chi connectivity index (χ1v) is 7.48. The summed E-state index contributed by atoms with van der Waals surface area (Å²) in [5.74, 6) is -0.0901. The third-order valence-electron chi connectivity index (χ3n) is 4.79. The summed E-state index contributed by atoms with van der Waals surface area (Å²) in [5.41, 5.74) is 0. The third kappa shape index (κ3) is 2.57. The van der Waals surface area contributed by atoms with Gasteiger partial charge in [0.05, 0.1) is 19.3 Å². The van der Waals surface area contributed by atoms with E-state index >= 15 is 0 Å². The molecule has 0 aromatic rings. The van der Waals surface area contributed by atoms with E-state index in [0.717, 1.165) is 25.8 Å². The van der Waals surface area contributed by atoms with E-state index in [1.165, 1.54) is 25.7 Å². The van der Waals surface area contributed by atoms with Crippen LogP contribution in [0, 0.1) is 5.92 Å². The molecule has 0 aromatic heterocycles. The Labute approximate surface area is 109 Å². The van der Waals surface area contributed by atoms with Crippen molar-refractivity contribution in [1.82, 2.24) is 5.32 Å². The van der Waals surface area contributed by atoms with Gasteiger partial charge >= 0.3 is 0 Å². The van der Waals surface area contributed by atoms with Gasteiger partial charge in [-0.05, 0) is 25.8 Å². The molecule has 2 heterocycles. The number of hydrogen-bond acceptors (Lipinski definition) is 4. The first-order chi connectivity index (χ1) is 8.79. The molecule has 0 bridgehead atoms.